The van der Waals surface area contributed by atoms with Gasteiger partial charge in [-0.3, -0.25) is 4.79 Å². The zero-order chi connectivity index (χ0) is 17.1. The lowest BCUT2D eigenvalue weighted by Crippen LogP contribution is -2.14. The van der Waals surface area contributed by atoms with Gasteiger partial charge in [0.2, 0.25) is 5.91 Å². The topological polar surface area (TPSA) is 42.0 Å². The number of hydrogen-bond acceptors (Lipinski definition) is 3. The van der Waals surface area contributed by atoms with Crippen LogP contribution in [0.3, 0.4) is 0 Å². The Balaban J connectivity index is 1.68. The molecule has 1 amide bonds. The minimum Gasteiger partial charge on any atom is -0.302 e. The van der Waals surface area contributed by atoms with Crippen molar-refractivity contribution < 1.29 is 4.79 Å². The van der Waals surface area contributed by atoms with Crippen LogP contribution in [0.2, 0.25) is 0 Å². The Morgan fingerprint density at radius 2 is 1.79 bits per heavy atom. The molecule has 1 heterocycles. The van der Waals surface area contributed by atoms with Crippen LogP contribution in [0.4, 0.5) is 5.13 Å². The summed E-state index contributed by atoms with van der Waals surface area (Å²) in [4.78, 5) is 16.7. The van der Waals surface area contributed by atoms with Crippen LogP contribution in [0, 0.1) is 20.8 Å². The number of anilines is 1. The molecule has 0 saturated heterocycles. The third-order valence-electron chi connectivity index (χ3n) is 4.04. The number of nitrogens with zero attached hydrogens (tertiary/aromatic N) is 1. The van der Waals surface area contributed by atoms with Crippen molar-refractivity contribution in [1.82, 2.24) is 4.98 Å². The van der Waals surface area contributed by atoms with Crippen LogP contribution in [0.5, 0.6) is 0 Å². The fraction of sp³-hybridized carbons (Fsp3) is 0.200. The highest BCUT2D eigenvalue weighted by atomic mass is 32.1. The molecule has 2 aromatic carbocycles. The van der Waals surface area contributed by atoms with Crippen molar-refractivity contribution in [2.45, 2.75) is 27.2 Å². The molecule has 122 valence electrons. The third kappa shape index (κ3) is 3.89. The molecule has 1 aromatic heterocycles. The molecule has 3 aromatic rings. The normalized spacial score (nSPS) is 10.6. The smallest absolute Gasteiger partial charge is 0.230 e. The molecule has 24 heavy (non-hydrogen) atoms. The van der Waals surface area contributed by atoms with Gasteiger partial charge in [0.05, 0.1) is 12.1 Å². The van der Waals surface area contributed by atoms with Crippen LogP contribution >= 0.6 is 11.3 Å². The summed E-state index contributed by atoms with van der Waals surface area (Å²) in [6.45, 7) is 6.22. The molecular formula is C20H20N2OS. The molecule has 0 aliphatic carbocycles. The average molecular weight is 336 g/mol. The summed E-state index contributed by atoms with van der Waals surface area (Å²) in [5.74, 6) is -0.0418. The quantitative estimate of drug-likeness (QED) is 0.735. The molecule has 0 aliphatic heterocycles. The van der Waals surface area contributed by atoms with E-state index in [-0.39, 0.29) is 5.91 Å². The van der Waals surface area contributed by atoms with Crippen molar-refractivity contribution in [3.05, 3.63) is 70.1 Å². The zero-order valence-corrected chi connectivity index (χ0v) is 14.9. The van der Waals surface area contributed by atoms with E-state index >= 15 is 0 Å². The number of hydrogen-bond donors (Lipinski definition) is 1. The van der Waals surface area contributed by atoms with E-state index in [0.717, 1.165) is 16.8 Å². The lowest BCUT2D eigenvalue weighted by molar-refractivity contribution is -0.115. The number of carbonyl (C=O) groups is 1. The third-order valence-corrected chi connectivity index (χ3v) is 4.80. The van der Waals surface area contributed by atoms with E-state index < -0.39 is 0 Å². The lowest BCUT2D eigenvalue weighted by atomic mass is 10.1. The van der Waals surface area contributed by atoms with E-state index in [1.807, 2.05) is 36.6 Å². The largest absolute Gasteiger partial charge is 0.302 e. The number of thiazole rings is 1. The first-order valence-corrected chi connectivity index (χ1v) is 8.78. The van der Waals surface area contributed by atoms with Gasteiger partial charge in [-0.2, -0.15) is 0 Å². The molecule has 0 fully saturated rings. The van der Waals surface area contributed by atoms with Crippen molar-refractivity contribution in [1.29, 1.82) is 0 Å². The summed E-state index contributed by atoms with van der Waals surface area (Å²) in [5, 5.41) is 5.51. The van der Waals surface area contributed by atoms with Gasteiger partial charge < -0.3 is 5.32 Å². The first-order chi connectivity index (χ1) is 11.5. The van der Waals surface area contributed by atoms with Crippen LogP contribution in [-0.4, -0.2) is 10.9 Å². The Morgan fingerprint density at radius 3 is 2.50 bits per heavy atom. The fourth-order valence-electron chi connectivity index (χ4n) is 2.42. The van der Waals surface area contributed by atoms with Crippen molar-refractivity contribution in [3.63, 3.8) is 0 Å². The molecule has 0 bridgehead atoms. The van der Waals surface area contributed by atoms with Crippen molar-refractivity contribution >= 4 is 22.4 Å². The van der Waals surface area contributed by atoms with Gasteiger partial charge in [-0.15, -0.1) is 11.3 Å². The van der Waals surface area contributed by atoms with Crippen LogP contribution in [0.25, 0.3) is 11.3 Å². The predicted octanol–water partition coefficient (Wildman–Crippen LogP) is 4.92. The lowest BCUT2D eigenvalue weighted by Gasteiger charge is -2.03. The SMILES string of the molecule is Cc1ccc(CC(=O)Nc2nc(-c3ccc(C)c(C)c3)cs2)cc1. The molecule has 3 rings (SSSR count). The maximum atomic E-state index is 12.2. The Morgan fingerprint density at radius 1 is 1.04 bits per heavy atom. The number of aryl methyl sites for hydroxylation is 3. The van der Waals surface area contributed by atoms with Crippen molar-refractivity contribution in [2.24, 2.45) is 0 Å². The van der Waals surface area contributed by atoms with Gasteiger partial charge in [0.15, 0.2) is 5.13 Å². The number of amides is 1. The van der Waals surface area contributed by atoms with E-state index in [1.54, 1.807) is 0 Å². The van der Waals surface area contributed by atoms with Crippen molar-refractivity contribution in [2.75, 3.05) is 5.32 Å². The molecule has 0 saturated carbocycles. The molecule has 4 heteroatoms. The fourth-order valence-corrected chi connectivity index (χ4v) is 3.16. The minimum atomic E-state index is -0.0418. The number of rotatable bonds is 4. The second-order valence-electron chi connectivity index (χ2n) is 6.05. The first-order valence-electron chi connectivity index (χ1n) is 7.90. The monoisotopic (exact) mass is 336 g/mol. The van der Waals surface area contributed by atoms with Crippen molar-refractivity contribution in [3.8, 4) is 11.3 Å². The van der Waals surface area contributed by atoms with Gasteiger partial charge in [0.25, 0.3) is 0 Å². The Labute approximate surface area is 146 Å². The highest BCUT2D eigenvalue weighted by Gasteiger charge is 2.09. The Bertz CT molecular complexity index is 866. The predicted molar refractivity (Wildman–Crippen MR) is 101 cm³/mol. The second kappa shape index (κ2) is 6.97. The second-order valence-corrected chi connectivity index (χ2v) is 6.91. The van der Waals surface area contributed by atoms with Gasteiger partial charge in [-0.1, -0.05) is 42.0 Å². The molecule has 3 nitrogen and oxygen atoms in total. The summed E-state index contributed by atoms with van der Waals surface area (Å²) >= 11 is 1.45. The molecule has 0 atom stereocenters. The van der Waals surface area contributed by atoms with E-state index in [2.05, 4.69) is 42.3 Å². The summed E-state index contributed by atoms with van der Waals surface area (Å²) in [7, 11) is 0. The molecular weight excluding hydrogens is 316 g/mol. The standard InChI is InChI=1S/C20H20N2OS/c1-13-4-7-16(8-5-13)11-19(23)22-20-21-18(12-24-20)17-9-6-14(2)15(3)10-17/h4-10,12H,11H2,1-3H3,(H,21,22,23). The zero-order valence-electron chi connectivity index (χ0n) is 14.1. The number of carbonyl (C=O) groups excluding carboxylic acids is 1. The molecule has 0 spiro atoms. The molecule has 0 radical (unpaired) electrons. The molecule has 0 aliphatic rings. The molecule has 1 N–H and O–H groups in total. The minimum absolute atomic E-state index is 0.0418. The van der Waals surface area contributed by atoms with Gasteiger partial charge in [0.1, 0.15) is 0 Å². The van der Waals surface area contributed by atoms with Crippen LogP contribution in [0.1, 0.15) is 22.3 Å². The number of benzene rings is 2. The number of aromatic nitrogens is 1. The Kier molecular flexibility index (Phi) is 4.76. The molecule has 0 unspecified atom stereocenters. The van der Waals surface area contributed by atoms with E-state index in [0.29, 0.717) is 11.6 Å². The first kappa shape index (κ1) is 16.4. The van der Waals surface area contributed by atoms with Gasteiger partial charge in [0, 0.05) is 10.9 Å². The highest BCUT2D eigenvalue weighted by molar-refractivity contribution is 7.14. The summed E-state index contributed by atoms with van der Waals surface area (Å²) < 4.78 is 0. The van der Waals surface area contributed by atoms with Crippen LogP contribution in [0.15, 0.2) is 47.8 Å². The average Bonchev–Trinajstić information content (AvgIpc) is 3.00. The summed E-state index contributed by atoms with van der Waals surface area (Å²) in [6.07, 6.45) is 0.360. The van der Waals surface area contributed by atoms with E-state index in [4.69, 9.17) is 0 Å². The Hall–Kier alpha value is -2.46. The number of nitrogens with one attached hydrogen (secondary N) is 1. The van der Waals surface area contributed by atoms with Gasteiger partial charge in [-0.25, -0.2) is 4.98 Å². The maximum Gasteiger partial charge on any atom is 0.230 e. The van der Waals surface area contributed by atoms with E-state index in [1.165, 1.54) is 28.0 Å². The highest BCUT2D eigenvalue weighted by Crippen LogP contribution is 2.26. The van der Waals surface area contributed by atoms with Gasteiger partial charge in [-0.05, 0) is 43.5 Å². The van der Waals surface area contributed by atoms with Crippen LogP contribution in [-0.2, 0) is 11.2 Å². The summed E-state index contributed by atoms with van der Waals surface area (Å²) in [6, 6.07) is 14.3. The maximum absolute atomic E-state index is 12.2. The summed E-state index contributed by atoms with van der Waals surface area (Å²) in [5.41, 5.74) is 6.68. The van der Waals surface area contributed by atoms with E-state index in [9.17, 15) is 4.79 Å². The van der Waals surface area contributed by atoms with Crippen LogP contribution < -0.4 is 5.32 Å². The van der Waals surface area contributed by atoms with Gasteiger partial charge >= 0.3 is 0 Å².